The van der Waals surface area contributed by atoms with Crippen molar-refractivity contribution in [3.05, 3.63) is 81.8 Å². The predicted octanol–water partition coefficient (Wildman–Crippen LogP) is 4.35. The number of benzene rings is 2. The fourth-order valence-corrected chi connectivity index (χ4v) is 5.29. The number of thiophene rings is 1. The summed E-state index contributed by atoms with van der Waals surface area (Å²) in [4.78, 5) is 40.1. The zero-order valence-electron chi connectivity index (χ0n) is 22.2. The monoisotopic (exact) mass is 605 g/mol. The van der Waals surface area contributed by atoms with Crippen molar-refractivity contribution < 1.29 is 36.7 Å². The molecule has 0 aliphatic carbocycles. The molecule has 3 aromatic rings. The maximum Gasteiger partial charge on any atom is 0.393 e. The van der Waals surface area contributed by atoms with E-state index in [1.165, 1.54) is 59.9 Å². The number of nitrogens with zero attached hydrogens (tertiary/aromatic N) is 1. The van der Waals surface area contributed by atoms with Crippen LogP contribution in [0.2, 0.25) is 0 Å². The molecule has 9 nitrogen and oxygen atoms in total. The van der Waals surface area contributed by atoms with Crippen molar-refractivity contribution in [2.24, 2.45) is 11.7 Å². The van der Waals surface area contributed by atoms with Crippen molar-refractivity contribution in [2.75, 3.05) is 13.1 Å². The van der Waals surface area contributed by atoms with E-state index >= 15 is 0 Å². The zero-order chi connectivity index (χ0) is 30.6. The standard InChI is InChI=1S/C28H27F4N5O4S/c1-15(23-10-17(14-42-23)25(33)34)36-27(40)22-11-18(28(30,31)32)13-37(22)24(38)12-35-26(39)16-2-6-20(7-3-16)41-21-8-4-19(29)5-9-21/h2-10,14-15,18,22H,11-13H2,1H3,(H3,33,34)(H,35,39)(H,36,40)/t15-,18+,22+/m1/s1. The number of nitrogen functional groups attached to an aromatic ring is 1. The molecule has 3 amide bonds. The fourth-order valence-electron chi connectivity index (χ4n) is 4.37. The topological polar surface area (TPSA) is 138 Å². The van der Waals surface area contributed by atoms with Gasteiger partial charge in [-0.2, -0.15) is 13.2 Å². The number of hydrogen-bond acceptors (Lipinski definition) is 6. The second kappa shape index (κ2) is 12.6. The summed E-state index contributed by atoms with van der Waals surface area (Å²) in [6.07, 6.45) is -5.23. The minimum absolute atomic E-state index is 0.159. The lowest BCUT2D eigenvalue weighted by Gasteiger charge is -2.25. The van der Waals surface area contributed by atoms with Crippen molar-refractivity contribution in [3.63, 3.8) is 0 Å². The minimum atomic E-state index is -4.62. The summed E-state index contributed by atoms with van der Waals surface area (Å²) in [5.41, 5.74) is 6.08. The Morgan fingerprint density at radius 1 is 1.10 bits per heavy atom. The van der Waals surface area contributed by atoms with Crippen LogP contribution < -0.4 is 21.1 Å². The van der Waals surface area contributed by atoms with Gasteiger partial charge < -0.3 is 26.0 Å². The molecule has 222 valence electrons. The van der Waals surface area contributed by atoms with Crippen LogP contribution in [0.25, 0.3) is 0 Å². The Hall–Kier alpha value is -4.46. The van der Waals surface area contributed by atoms with Crippen molar-refractivity contribution in [3.8, 4) is 11.5 Å². The van der Waals surface area contributed by atoms with E-state index in [0.29, 0.717) is 21.9 Å². The molecule has 0 unspecified atom stereocenters. The van der Waals surface area contributed by atoms with E-state index in [0.717, 1.165) is 4.90 Å². The number of carbonyl (C=O) groups excluding carboxylic acids is 3. The molecule has 1 saturated heterocycles. The number of rotatable bonds is 9. The van der Waals surface area contributed by atoms with E-state index in [1.807, 2.05) is 0 Å². The first-order chi connectivity index (χ1) is 19.8. The number of halogens is 4. The maximum atomic E-state index is 13.6. The van der Waals surface area contributed by atoms with Crippen molar-refractivity contribution in [2.45, 2.75) is 31.6 Å². The summed E-state index contributed by atoms with van der Waals surface area (Å²) in [6.45, 7) is 0.295. The number of likely N-dealkylation sites (tertiary alicyclic amines) is 1. The lowest BCUT2D eigenvalue weighted by molar-refractivity contribution is -0.171. The predicted molar refractivity (Wildman–Crippen MR) is 147 cm³/mol. The summed E-state index contributed by atoms with van der Waals surface area (Å²) in [7, 11) is 0. The first-order valence-corrected chi connectivity index (χ1v) is 13.6. The van der Waals surface area contributed by atoms with Crippen molar-refractivity contribution >= 4 is 34.9 Å². The Morgan fingerprint density at radius 3 is 2.29 bits per heavy atom. The average molecular weight is 606 g/mol. The zero-order valence-corrected chi connectivity index (χ0v) is 23.0. The third-order valence-electron chi connectivity index (χ3n) is 6.67. The molecule has 1 aliphatic heterocycles. The second-order valence-corrected chi connectivity index (χ2v) is 10.6. The summed E-state index contributed by atoms with van der Waals surface area (Å²) in [5.74, 6) is -3.99. The molecule has 42 heavy (non-hydrogen) atoms. The molecule has 1 aromatic heterocycles. The molecule has 0 radical (unpaired) electrons. The molecule has 0 bridgehead atoms. The highest BCUT2D eigenvalue weighted by Crippen LogP contribution is 2.37. The molecule has 5 N–H and O–H groups in total. The van der Waals surface area contributed by atoms with E-state index in [-0.39, 0.29) is 11.4 Å². The maximum absolute atomic E-state index is 13.6. The molecule has 2 aromatic carbocycles. The Labute approximate surface area is 242 Å². The first-order valence-electron chi connectivity index (χ1n) is 12.7. The molecule has 0 spiro atoms. The number of amidine groups is 1. The van der Waals surface area contributed by atoms with Crippen LogP contribution in [0.4, 0.5) is 17.6 Å². The number of nitrogens with two attached hydrogens (primary N) is 1. The van der Waals surface area contributed by atoms with Gasteiger partial charge in [-0.15, -0.1) is 11.3 Å². The van der Waals surface area contributed by atoms with Crippen LogP contribution in [-0.2, 0) is 9.59 Å². The number of amides is 3. The lowest BCUT2D eigenvalue weighted by Crippen LogP contribution is -2.49. The first kappa shape index (κ1) is 30.5. The van der Waals surface area contributed by atoms with Gasteiger partial charge in [0, 0.05) is 27.9 Å². The average Bonchev–Trinajstić information content (AvgIpc) is 3.62. The number of nitrogens with one attached hydrogen (secondary N) is 3. The van der Waals surface area contributed by atoms with Gasteiger partial charge in [-0.3, -0.25) is 19.8 Å². The molecular formula is C28H27F4N5O4S. The van der Waals surface area contributed by atoms with Gasteiger partial charge in [0.2, 0.25) is 11.8 Å². The molecule has 1 fully saturated rings. The smallest absolute Gasteiger partial charge is 0.393 e. The molecule has 4 rings (SSSR count). The Balaban J connectivity index is 1.37. The van der Waals surface area contributed by atoms with Crippen LogP contribution >= 0.6 is 11.3 Å². The number of alkyl halides is 3. The van der Waals surface area contributed by atoms with Crippen molar-refractivity contribution in [1.82, 2.24) is 15.5 Å². The number of ether oxygens (including phenoxy) is 1. The van der Waals surface area contributed by atoms with Crippen molar-refractivity contribution in [1.29, 1.82) is 5.41 Å². The summed E-state index contributed by atoms with van der Waals surface area (Å²) in [5, 5.41) is 14.2. The fraction of sp³-hybridized carbons (Fsp3) is 0.286. The highest BCUT2D eigenvalue weighted by Gasteiger charge is 2.50. The van der Waals surface area contributed by atoms with Gasteiger partial charge in [0.05, 0.1) is 18.5 Å². The van der Waals surface area contributed by atoms with E-state index in [2.05, 4.69) is 10.6 Å². The molecule has 1 aliphatic rings. The summed E-state index contributed by atoms with van der Waals surface area (Å²) in [6, 6.07) is 10.8. The Morgan fingerprint density at radius 2 is 1.71 bits per heavy atom. The summed E-state index contributed by atoms with van der Waals surface area (Å²) < 4.78 is 59.3. The quantitative estimate of drug-likeness (QED) is 0.163. The number of hydrogen-bond donors (Lipinski definition) is 4. The van der Waals surface area contributed by atoms with Gasteiger partial charge in [0.15, 0.2) is 0 Å². The lowest BCUT2D eigenvalue weighted by atomic mass is 10.0. The van der Waals surface area contributed by atoms with Crippen LogP contribution in [-0.4, -0.2) is 53.8 Å². The Bertz CT molecular complexity index is 1460. The Kier molecular flexibility index (Phi) is 9.14. The molecular weight excluding hydrogens is 578 g/mol. The van der Waals surface area contributed by atoms with Gasteiger partial charge in [-0.25, -0.2) is 4.39 Å². The van der Waals surface area contributed by atoms with Crippen LogP contribution in [0, 0.1) is 17.1 Å². The molecule has 2 heterocycles. The van der Waals surface area contributed by atoms with Gasteiger partial charge in [0.25, 0.3) is 5.91 Å². The van der Waals surface area contributed by atoms with Crippen LogP contribution in [0.3, 0.4) is 0 Å². The SMILES string of the molecule is C[C@@H](NC(=O)[C@@H]1C[C@H](C(F)(F)F)CN1C(=O)CNC(=O)c1ccc(Oc2ccc(F)cc2)cc1)c1cc(C(=N)N)cs1. The van der Waals surface area contributed by atoms with E-state index in [1.54, 1.807) is 18.4 Å². The third kappa shape index (κ3) is 7.43. The molecule has 14 heteroatoms. The molecule has 3 atom stereocenters. The van der Waals surface area contributed by atoms with E-state index in [4.69, 9.17) is 15.9 Å². The normalized spacial score (nSPS) is 17.4. The van der Waals surface area contributed by atoms with Gasteiger partial charge in [-0.1, -0.05) is 0 Å². The highest BCUT2D eigenvalue weighted by atomic mass is 32.1. The van der Waals surface area contributed by atoms with E-state index in [9.17, 15) is 31.9 Å². The minimum Gasteiger partial charge on any atom is -0.457 e. The highest BCUT2D eigenvalue weighted by molar-refractivity contribution is 7.10. The van der Waals surface area contributed by atoms with Gasteiger partial charge in [0.1, 0.15) is 29.2 Å². The molecule has 0 saturated carbocycles. The number of carbonyl (C=O) groups is 3. The van der Waals surface area contributed by atoms with Crippen LogP contribution in [0.1, 0.15) is 40.2 Å². The van der Waals surface area contributed by atoms with Crippen LogP contribution in [0.5, 0.6) is 11.5 Å². The van der Waals surface area contributed by atoms with E-state index < -0.39 is 67.2 Å². The third-order valence-corrected chi connectivity index (χ3v) is 7.78. The van der Waals surface area contributed by atoms with Gasteiger partial charge in [-0.05, 0) is 67.9 Å². The van der Waals surface area contributed by atoms with Gasteiger partial charge >= 0.3 is 6.18 Å². The summed E-state index contributed by atoms with van der Waals surface area (Å²) >= 11 is 1.23. The second-order valence-electron chi connectivity index (χ2n) is 9.68. The van der Waals surface area contributed by atoms with Crippen LogP contribution in [0.15, 0.2) is 60.0 Å². The largest absolute Gasteiger partial charge is 0.457 e.